The van der Waals surface area contributed by atoms with Gasteiger partial charge in [-0.05, 0) is 62.5 Å². The van der Waals surface area contributed by atoms with Gasteiger partial charge in [0.25, 0.3) is 0 Å². The molecule has 0 radical (unpaired) electrons. The first kappa shape index (κ1) is 36.7. The number of benzene rings is 1. The Morgan fingerprint density at radius 1 is 0.938 bits per heavy atom. The predicted octanol–water partition coefficient (Wildman–Crippen LogP) is 3.43. The second-order valence-corrected chi connectivity index (χ2v) is 13.2. The fourth-order valence-corrected chi connectivity index (χ4v) is 6.83. The van der Waals surface area contributed by atoms with Gasteiger partial charge in [-0.2, -0.15) is 4.73 Å². The molecule has 1 unspecified atom stereocenters. The molecule has 2 aliphatic rings. The van der Waals surface area contributed by atoms with Gasteiger partial charge in [0.1, 0.15) is 37.4 Å². The van der Waals surface area contributed by atoms with Crippen LogP contribution in [0.3, 0.4) is 0 Å². The molecule has 2 saturated heterocycles. The summed E-state index contributed by atoms with van der Waals surface area (Å²) in [7, 11) is 1.56. The van der Waals surface area contributed by atoms with Gasteiger partial charge in [0.15, 0.2) is 0 Å². The van der Waals surface area contributed by atoms with E-state index in [1.165, 1.54) is 6.92 Å². The maximum absolute atomic E-state index is 14.1. The average Bonchev–Trinajstić information content (AvgIpc) is 3.44. The van der Waals surface area contributed by atoms with Crippen LogP contribution in [0.15, 0.2) is 30.5 Å². The molecule has 2 aromatic rings. The third-order valence-electron chi connectivity index (χ3n) is 9.82. The zero-order chi connectivity index (χ0) is 34.8. The molecule has 3 N–H and O–H groups in total. The van der Waals surface area contributed by atoms with Gasteiger partial charge in [-0.3, -0.25) is 24.0 Å². The number of hydrogen-bond donors (Lipinski definition) is 3. The van der Waals surface area contributed by atoms with Crippen LogP contribution in [0.4, 0.5) is 0 Å². The Balaban J connectivity index is 1.62. The van der Waals surface area contributed by atoms with Crippen LogP contribution in [0.25, 0.3) is 10.9 Å². The quantitative estimate of drug-likeness (QED) is 0.219. The molecule has 0 spiro atoms. The number of aromatic nitrogens is 1. The van der Waals surface area contributed by atoms with E-state index in [9.17, 15) is 24.0 Å². The number of para-hydroxylation sites is 1. The molecule has 48 heavy (non-hydrogen) atoms. The van der Waals surface area contributed by atoms with Crippen molar-refractivity contribution in [1.29, 1.82) is 0 Å². The highest BCUT2D eigenvalue weighted by molar-refractivity contribution is 5.98. The number of ether oxygens (including phenoxy) is 1. The van der Waals surface area contributed by atoms with E-state index in [1.54, 1.807) is 22.9 Å². The van der Waals surface area contributed by atoms with E-state index in [4.69, 9.17) is 9.57 Å². The van der Waals surface area contributed by atoms with Crippen LogP contribution in [0.5, 0.6) is 0 Å². The maximum atomic E-state index is 14.1. The monoisotopic (exact) mass is 667 g/mol. The summed E-state index contributed by atoms with van der Waals surface area (Å²) in [6, 6.07) is 4.18. The lowest BCUT2D eigenvalue weighted by atomic mass is 9.93. The lowest BCUT2D eigenvalue weighted by molar-refractivity contribution is -0.147. The molecule has 2 fully saturated rings. The van der Waals surface area contributed by atoms with E-state index in [0.717, 1.165) is 48.6 Å². The van der Waals surface area contributed by atoms with Gasteiger partial charge >= 0.3 is 5.97 Å². The van der Waals surface area contributed by atoms with Crippen molar-refractivity contribution in [3.8, 4) is 0 Å². The number of unbranched alkanes of at least 4 members (excludes halogenated alkanes) is 2. The first-order valence-electron chi connectivity index (χ1n) is 17.6. The number of rotatable bonds is 13. The molecule has 1 aromatic carbocycles. The number of esters is 1. The van der Waals surface area contributed by atoms with Crippen LogP contribution in [-0.2, 0) is 35.1 Å². The number of piperidine rings is 1. The van der Waals surface area contributed by atoms with Crippen molar-refractivity contribution in [3.05, 3.63) is 36.0 Å². The number of hydrogen-bond acceptors (Lipinski definition) is 7. The van der Waals surface area contributed by atoms with Crippen LogP contribution in [0.1, 0.15) is 97.5 Å². The molecule has 0 aliphatic carbocycles. The molecule has 3 heterocycles. The Morgan fingerprint density at radius 2 is 1.67 bits per heavy atom. The Morgan fingerprint density at radius 3 is 2.38 bits per heavy atom. The second-order valence-electron chi connectivity index (χ2n) is 13.2. The largest absolute Gasteiger partial charge is 0.463 e. The van der Waals surface area contributed by atoms with Gasteiger partial charge in [0.2, 0.25) is 23.6 Å². The molecule has 0 saturated carbocycles. The lowest BCUT2D eigenvalue weighted by Crippen LogP contribution is -2.64. The molecule has 264 valence electrons. The summed E-state index contributed by atoms with van der Waals surface area (Å²) in [6.45, 7) is 7.67. The van der Waals surface area contributed by atoms with Crippen LogP contribution in [0.2, 0.25) is 0 Å². The lowest BCUT2D eigenvalue weighted by Gasteiger charge is -2.39. The molecule has 1 aromatic heterocycles. The minimum atomic E-state index is -1.02. The van der Waals surface area contributed by atoms with E-state index in [2.05, 4.69) is 16.0 Å². The van der Waals surface area contributed by atoms with Gasteiger partial charge < -0.3 is 30.4 Å². The number of carbonyl (C=O) groups is 5. The van der Waals surface area contributed by atoms with Gasteiger partial charge in [-0.15, -0.1) is 0 Å². The van der Waals surface area contributed by atoms with Crippen molar-refractivity contribution >= 4 is 40.5 Å². The minimum absolute atomic E-state index is 0.149. The number of amides is 4. The highest BCUT2D eigenvalue weighted by Crippen LogP contribution is 2.25. The highest BCUT2D eigenvalue weighted by atomic mass is 16.6. The van der Waals surface area contributed by atoms with Gasteiger partial charge in [-0.1, -0.05) is 58.2 Å². The van der Waals surface area contributed by atoms with Crippen molar-refractivity contribution in [2.75, 3.05) is 13.7 Å². The Labute approximate surface area is 283 Å². The summed E-state index contributed by atoms with van der Waals surface area (Å²) in [5.41, 5.74) is 1.61. The summed E-state index contributed by atoms with van der Waals surface area (Å²) >= 11 is 0. The summed E-state index contributed by atoms with van der Waals surface area (Å²) in [5.74, 6) is -2.01. The zero-order valence-corrected chi connectivity index (χ0v) is 29.1. The van der Waals surface area contributed by atoms with Crippen LogP contribution < -0.4 is 20.8 Å². The molecular formula is C36H53N5O7. The molecule has 0 bridgehead atoms. The van der Waals surface area contributed by atoms with E-state index in [1.807, 2.05) is 45.0 Å². The first-order valence-corrected chi connectivity index (χ1v) is 17.6. The van der Waals surface area contributed by atoms with E-state index < -0.39 is 36.0 Å². The first-order chi connectivity index (χ1) is 23.1. The average molecular weight is 668 g/mol. The SMILES string of the molecule is CCC(CCCCC[C@@H]1NC(=O)[C@H]2CCCCN2C(=O)[C@H]([C@@H](C)CC)NC(=O)[C@H](Cc2cn(OC)c3ccccc23)NC1=O)OC(C)=O. The standard InChI is InChI=1S/C36H53N5O7/c1-6-23(3)32-36(46)40-20-14-13-19-31(40)35(45)37-28(17-10-8-9-15-26(7-2)48-24(4)42)33(43)38-29(34(44)39-32)21-25-22-41(47-5)30-18-12-11-16-27(25)30/h11-12,16,18,22-23,26,28-29,31-32H,6-10,13-15,17,19-21H2,1-5H3,(H,37,45)(H,38,43)(H,39,44)/t23-,26?,28-,29-,31+,32-/m0/s1. The third-order valence-corrected chi connectivity index (χ3v) is 9.82. The minimum Gasteiger partial charge on any atom is -0.463 e. The molecular weight excluding hydrogens is 614 g/mol. The Bertz CT molecular complexity index is 1440. The summed E-state index contributed by atoms with van der Waals surface area (Å²) < 4.78 is 6.98. The number of carbonyl (C=O) groups excluding carboxylic acids is 5. The number of fused-ring (bicyclic) bond motifs is 2. The van der Waals surface area contributed by atoms with Crippen molar-refractivity contribution < 1.29 is 33.5 Å². The van der Waals surface area contributed by atoms with Crippen molar-refractivity contribution in [3.63, 3.8) is 0 Å². The summed E-state index contributed by atoms with van der Waals surface area (Å²) in [5, 5.41) is 9.80. The molecule has 12 nitrogen and oxygen atoms in total. The van der Waals surface area contributed by atoms with Crippen LogP contribution >= 0.6 is 0 Å². The molecule has 4 amide bonds. The number of nitrogens with one attached hydrogen (secondary N) is 3. The van der Waals surface area contributed by atoms with Crippen molar-refractivity contribution in [2.45, 2.75) is 129 Å². The van der Waals surface area contributed by atoms with Crippen molar-refractivity contribution in [2.24, 2.45) is 5.92 Å². The summed E-state index contributed by atoms with van der Waals surface area (Å²) in [4.78, 5) is 74.6. The van der Waals surface area contributed by atoms with Gasteiger partial charge in [0, 0.05) is 31.5 Å². The van der Waals surface area contributed by atoms with Gasteiger partial charge in [-0.25, -0.2) is 0 Å². The van der Waals surface area contributed by atoms with E-state index in [0.29, 0.717) is 38.6 Å². The van der Waals surface area contributed by atoms with Gasteiger partial charge in [0.05, 0.1) is 5.52 Å². The maximum Gasteiger partial charge on any atom is 0.302 e. The predicted molar refractivity (Wildman–Crippen MR) is 182 cm³/mol. The topological polar surface area (TPSA) is 148 Å². The number of nitrogens with zero attached hydrogens (tertiary/aromatic N) is 2. The Kier molecular flexibility index (Phi) is 13.3. The Hall–Kier alpha value is -4.09. The molecule has 2 aliphatic heterocycles. The smallest absolute Gasteiger partial charge is 0.302 e. The normalized spacial score (nSPS) is 23.6. The van der Waals surface area contributed by atoms with Crippen LogP contribution in [0, 0.1) is 5.92 Å². The zero-order valence-electron chi connectivity index (χ0n) is 29.1. The highest BCUT2D eigenvalue weighted by Gasteiger charge is 2.41. The van der Waals surface area contributed by atoms with E-state index in [-0.39, 0.29) is 36.2 Å². The molecule has 12 heteroatoms. The fraction of sp³-hybridized carbons (Fsp3) is 0.639. The third kappa shape index (κ3) is 9.08. The van der Waals surface area contributed by atoms with E-state index >= 15 is 0 Å². The molecule has 6 atom stereocenters. The van der Waals surface area contributed by atoms with Crippen LogP contribution in [-0.4, -0.2) is 83.2 Å². The second kappa shape index (κ2) is 17.3. The van der Waals surface area contributed by atoms with Crippen molar-refractivity contribution in [1.82, 2.24) is 25.6 Å². The summed E-state index contributed by atoms with van der Waals surface area (Å²) in [6.07, 6.45) is 8.48. The fourth-order valence-electron chi connectivity index (χ4n) is 6.83. The molecule has 4 rings (SSSR count).